The van der Waals surface area contributed by atoms with E-state index in [0.29, 0.717) is 26.1 Å². The van der Waals surface area contributed by atoms with Crippen LogP contribution in [0.25, 0.3) is 0 Å². The molecule has 5 nitrogen and oxygen atoms in total. The van der Waals surface area contributed by atoms with Crippen molar-refractivity contribution in [2.75, 3.05) is 29.9 Å². The number of carbonyl (C=O) groups excluding carboxylic acids is 2. The van der Waals surface area contributed by atoms with Crippen molar-refractivity contribution in [1.82, 2.24) is 4.90 Å². The number of likely N-dealkylation sites (tertiary alicyclic amines) is 1. The number of aryl methyl sites for hydroxylation is 1. The summed E-state index contributed by atoms with van der Waals surface area (Å²) in [6.07, 6.45) is 1.40. The molecule has 6 heteroatoms. The number of hydrogen-bond acceptors (Lipinski definition) is 3. The Morgan fingerprint density at radius 1 is 1.28 bits per heavy atom. The van der Waals surface area contributed by atoms with E-state index in [1.165, 1.54) is 0 Å². The minimum absolute atomic E-state index is 0.0797. The molecule has 2 saturated heterocycles. The van der Waals surface area contributed by atoms with E-state index in [0.717, 1.165) is 23.4 Å². The predicted molar refractivity (Wildman–Crippen MR) is 100 cm³/mol. The number of thiophene rings is 1. The fraction of sp³-hybridized carbons (Fsp3) is 0.368. The van der Waals surface area contributed by atoms with Crippen LogP contribution in [0.15, 0.2) is 41.1 Å². The van der Waals surface area contributed by atoms with Crippen molar-refractivity contribution in [1.29, 1.82) is 0 Å². The third-order valence-corrected chi connectivity index (χ3v) is 5.80. The van der Waals surface area contributed by atoms with Gasteiger partial charge in [0.2, 0.25) is 5.91 Å². The van der Waals surface area contributed by atoms with Gasteiger partial charge in [-0.25, -0.2) is 4.79 Å². The smallest absolute Gasteiger partial charge is 0.321 e. The van der Waals surface area contributed by atoms with Gasteiger partial charge >= 0.3 is 6.03 Å². The Bertz CT molecular complexity index is 805. The molecule has 1 spiro atoms. The summed E-state index contributed by atoms with van der Waals surface area (Å²) in [5.74, 6) is 0.166. The van der Waals surface area contributed by atoms with Crippen molar-refractivity contribution < 1.29 is 9.59 Å². The van der Waals surface area contributed by atoms with E-state index in [1.807, 2.05) is 57.8 Å². The van der Waals surface area contributed by atoms with Gasteiger partial charge in [0.25, 0.3) is 0 Å². The van der Waals surface area contributed by atoms with Crippen molar-refractivity contribution in [3.8, 4) is 0 Å². The molecule has 25 heavy (non-hydrogen) atoms. The monoisotopic (exact) mass is 355 g/mol. The highest BCUT2D eigenvalue weighted by atomic mass is 32.1. The normalized spacial score (nSPS) is 22.8. The zero-order valence-corrected chi connectivity index (χ0v) is 15.0. The molecule has 0 unspecified atom stereocenters. The maximum atomic E-state index is 12.6. The lowest BCUT2D eigenvalue weighted by molar-refractivity contribution is -0.117. The van der Waals surface area contributed by atoms with Gasteiger partial charge in [0.1, 0.15) is 0 Å². The molecule has 2 aliphatic heterocycles. The Morgan fingerprint density at radius 2 is 2.16 bits per heavy atom. The summed E-state index contributed by atoms with van der Waals surface area (Å²) < 4.78 is 0. The second-order valence-corrected chi connectivity index (χ2v) is 7.89. The fourth-order valence-electron chi connectivity index (χ4n) is 3.85. The number of rotatable bonds is 2. The van der Waals surface area contributed by atoms with Crippen LogP contribution in [0.2, 0.25) is 0 Å². The molecule has 3 amide bonds. The van der Waals surface area contributed by atoms with Gasteiger partial charge in [-0.05, 0) is 42.5 Å². The average Bonchev–Trinajstić information content (AvgIpc) is 3.29. The van der Waals surface area contributed by atoms with E-state index in [4.69, 9.17) is 0 Å². The molecule has 2 aliphatic rings. The predicted octanol–water partition coefficient (Wildman–Crippen LogP) is 3.72. The van der Waals surface area contributed by atoms with Gasteiger partial charge < -0.3 is 15.1 Å². The number of carbonyl (C=O) groups is 2. The van der Waals surface area contributed by atoms with Crippen LogP contribution in [0.1, 0.15) is 18.4 Å². The van der Waals surface area contributed by atoms with Crippen molar-refractivity contribution in [3.63, 3.8) is 0 Å². The highest BCUT2D eigenvalue weighted by Gasteiger charge is 2.48. The van der Waals surface area contributed by atoms with Gasteiger partial charge in [-0.1, -0.05) is 12.1 Å². The lowest BCUT2D eigenvalue weighted by atomic mass is 9.86. The van der Waals surface area contributed by atoms with Crippen LogP contribution in [-0.4, -0.2) is 36.5 Å². The number of nitrogens with one attached hydrogen (secondary N) is 1. The van der Waals surface area contributed by atoms with Crippen molar-refractivity contribution >= 4 is 34.6 Å². The van der Waals surface area contributed by atoms with E-state index in [9.17, 15) is 9.59 Å². The first-order chi connectivity index (χ1) is 12.0. The molecule has 2 aromatic rings. The molecular formula is C19H21N3O2S. The largest absolute Gasteiger partial charge is 0.324 e. The van der Waals surface area contributed by atoms with Crippen molar-refractivity contribution in [3.05, 3.63) is 46.7 Å². The Kier molecular flexibility index (Phi) is 4.00. The second kappa shape index (κ2) is 6.19. The summed E-state index contributed by atoms with van der Waals surface area (Å²) in [5, 5.41) is 6.97. The van der Waals surface area contributed by atoms with Crippen LogP contribution in [-0.2, 0) is 4.79 Å². The van der Waals surface area contributed by atoms with Crippen molar-refractivity contribution in [2.24, 2.45) is 5.41 Å². The number of urea groups is 1. The summed E-state index contributed by atoms with van der Waals surface area (Å²) in [6.45, 7) is 4.04. The third-order valence-electron chi connectivity index (χ3n) is 5.13. The molecule has 1 aromatic heterocycles. The van der Waals surface area contributed by atoms with Gasteiger partial charge in [0.15, 0.2) is 0 Å². The minimum Gasteiger partial charge on any atom is -0.324 e. The highest BCUT2D eigenvalue weighted by Crippen LogP contribution is 2.42. The van der Waals surface area contributed by atoms with Crippen molar-refractivity contribution in [2.45, 2.75) is 19.8 Å². The van der Waals surface area contributed by atoms with E-state index in [1.54, 1.807) is 11.3 Å². The van der Waals surface area contributed by atoms with Crippen LogP contribution < -0.4 is 10.2 Å². The summed E-state index contributed by atoms with van der Waals surface area (Å²) in [5.41, 5.74) is 2.80. The van der Waals surface area contributed by atoms with E-state index < -0.39 is 0 Å². The highest BCUT2D eigenvalue weighted by molar-refractivity contribution is 7.08. The molecule has 0 saturated carbocycles. The van der Waals surface area contributed by atoms with Gasteiger partial charge in [-0.15, -0.1) is 0 Å². The SMILES string of the molecule is Cc1cccc(NC(=O)N2CC[C@]3(CC(=O)N(c4ccsc4)C3)C2)c1. The van der Waals surface area contributed by atoms with E-state index in [2.05, 4.69) is 5.32 Å². The van der Waals surface area contributed by atoms with Gasteiger partial charge in [0.05, 0.1) is 5.69 Å². The number of anilines is 2. The first kappa shape index (κ1) is 16.1. The summed E-state index contributed by atoms with van der Waals surface area (Å²) >= 11 is 1.60. The zero-order valence-electron chi connectivity index (χ0n) is 14.2. The molecule has 1 N–H and O–H groups in total. The third kappa shape index (κ3) is 3.14. The molecular weight excluding hydrogens is 334 g/mol. The summed E-state index contributed by atoms with van der Waals surface area (Å²) in [6, 6.07) is 9.70. The Morgan fingerprint density at radius 3 is 2.92 bits per heavy atom. The molecule has 0 aliphatic carbocycles. The van der Waals surface area contributed by atoms with Crippen LogP contribution in [0, 0.1) is 12.3 Å². The number of benzene rings is 1. The van der Waals surface area contributed by atoms with Gasteiger partial charge in [0, 0.05) is 42.5 Å². The number of nitrogens with zero attached hydrogens (tertiary/aromatic N) is 2. The zero-order chi connectivity index (χ0) is 17.4. The van der Waals surface area contributed by atoms with Gasteiger partial charge in [-0.2, -0.15) is 11.3 Å². The Balaban J connectivity index is 1.43. The topological polar surface area (TPSA) is 52.7 Å². The number of amides is 3. The lowest BCUT2D eigenvalue weighted by Gasteiger charge is -2.24. The average molecular weight is 355 g/mol. The molecule has 2 fully saturated rings. The Labute approximate surface area is 151 Å². The first-order valence-electron chi connectivity index (χ1n) is 8.50. The lowest BCUT2D eigenvalue weighted by Crippen LogP contribution is -2.36. The standard InChI is InChI=1S/C19H21N3O2S/c1-14-3-2-4-15(9-14)20-18(24)21-7-6-19(12-21)10-17(23)22(13-19)16-5-8-25-11-16/h2-5,8-9,11H,6-7,10,12-13H2,1H3,(H,20,24)/t19-/m0/s1. The quantitative estimate of drug-likeness (QED) is 0.893. The number of hydrogen-bond donors (Lipinski definition) is 1. The maximum Gasteiger partial charge on any atom is 0.321 e. The molecule has 1 atom stereocenters. The molecule has 3 heterocycles. The maximum absolute atomic E-state index is 12.6. The molecule has 4 rings (SSSR count). The molecule has 1 aromatic carbocycles. The van der Waals surface area contributed by atoms with Crippen LogP contribution in [0.5, 0.6) is 0 Å². The van der Waals surface area contributed by atoms with Gasteiger partial charge in [-0.3, -0.25) is 4.79 Å². The first-order valence-corrected chi connectivity index (χ1v) is 9.44. The van der Waals surface area contributed by atoms with Crippen LogP contribution >= 0.6 is 11.3 Å². The summed E-state index contributed by atoms with van der Waals surface area (Å²) in [7, 11) is 0. The molecule has 130 valence electrons. The fourth-order valence-corrected chi connectivity index (χ4v) is 4.49. The van der Waals surface area contributed by atoms with E-state index in [-0.39, 0.29) is 17.4 Å². The van der Waals surface area contributed by atoms with Crippen LogP contribution in [0.3, 0.4) is 0 Å². The Hall–Kier alpha value is -2.34. The van der Waals surface area contributed by atoms with E-state index >= 15 is 0 Å². The summed E-state index contributed by atoms with van der Waals surface area (Å²) in [4.78, 5) is 28.7. The minimum atomic E-state index is -0.108. The second-order valence-electron chi connectivity index (χ2n) is 7.11. The molecule has 0 radical (unpaired) electrons. The molecule has 0 bridgehead atoms. The van der Waals surface area contributed by atoms with Crippen LogP contribution in [0.4, 0.5) is 16.2 Å².